The fraction of sp³-hybridized carbons (Fsp3) is 0.875. The van der Waals surface area contributed by atoms with Crippen molar-refractivity contribution < 1.29 is 9.90 Å². The molecule has 1 heterocycles. The predicted molar refractivity (Wildman–Crippen MR) is 47.1 cm³/mol. The summed E-state index contributed by atoms with van der Waals surface area (Å²) >= 11 is 5.45. The highest BCUT2D eigenvalue weighted by Gasteiger charge is 2.24. The number of rotatable bonds is 3. The van der Waals surface area contributed by atoms with Gasteiger partial charge in [0.05, 0.1) is 0 Å². The van der Waals surface area contributed by atoms with Crippen LogP contribution >= 0.6 is 11.6 Å². The Morgan fingerprint density at radius 3 is 2.92 bits per heavy atom. The zero-order valence-electron chi connectivity index (χ0n) is 7.00. The van der Waals surface area contributed by atoms with E-state index in [0.29, 0.717) is 18.8 Å². The Hall–Kier alpha value is -0.280. The molecule has 1 aliphatic rings. The number of alkyl halides is 1. The highest BCUT2D eigenvalue weighted by molar-refractivity contribution is 6.18. The van der Waals surface area contributed by atoms with E-state index in [4.69, 9.17) is 16.7 Å². The molecule has 0 radical (unpaired) electrons. The highest BCUT2D eigenvalue weighted by Crippen LogP contribution is 2.16. The molecule has 12 heavy (non-hydrogen) atoms. The van der Waals surface area contributed by atoms with Gasteiger partial charge in [0.2, 0.25) is 5.91 Å². The summed E-state index contributed by atoms with van der Waals surface area (Å²) in [6, 6.07) is 0. The van der Waals surface area contributed by atoms with Crippen molar-refractivity contribution in [2.45, 2.75) is 12.8 Å². The van der Waals surface area contributed by atoms with Crippen LogP contribution in [0.1, 0.15) is 12.8 Å². The summed E-state index contributed by atoms with van der Waals surface area (Å²) < 4.78 is 0. The van der Waals surface area contributed by atoms with E-state index < -0.39 is 0 Å². The first-order valence-corrected chi connectivity index (χ1v) is 4.76. The molecule has 0 saturated carbocycles. The lowest BCUT2D eigenvalue weighted by Crippen LogP contribution is -2.29. The Morgan fingerprint density at radius 2 is 2.42 bits per heavy atom. The molecule has 0 bridgehead atoms. The molecular formula is C8H14ClNO2. The van der Waals surface area contributed by atoms with Crippen molar-refractivity contribution >= 4 is 17.5 Å². The lowest BCUT2D eigenvalue weighted by molar-refractivity contribution is -0.129. The van der Waals surface area contributed by atoms with E-state index >= 15 is 0 Å². The Kier molecular flexibility index (Phi) is 3.82. The van der Waals surface area contributed by atoms with E-state index in [-0.39, 0.29) is 18.4 Å². The number of hydrogen-bond donors (Lipinski definition) is 1. The minimum atomic E-state index is 0.112. The van der Waals surface area contributed by atoms with E-state index in [1.54, 1.807) is 4.90 Å². The van der Waals surface area contributed by atoms with Gasteiger partial charge in [-0.1, -0.05) is 0 Å². The molecule has 0 aromatic carbocycles. The minimum Gasteiger partial charge on any atom is -0.396 e. The second-order valence-electron chi connectivity index (χ2n) is 3.12. The fourth-order valence-corrected chi connectivity index (χ4v) is 1.61. The normalized spacial score (nSPS) is 23.2. The number of likely N-dealkylation sites (tertiary alicyclic amines) is 1. The molecule has 0 spiro atoms. The maximum Gasteiger partial charge on any atom is 0.223 e. The van der Waals surface area contributed by atoms with Gasteiger partial charge >= 0.3 is 0 Å². The van der Waals surface area contributed by atoms with Gasteiger partial charge in [-0.2, -0.15) is 0 Å². The number of nitrogens with zero attached hydrogens (tertiary/aromatic N) is 1. The monoisotopic (exact) mass is 191 g/mol. The number of halogens is 1. The van der Waals surface area contributed by atoms with Gasteiger partial charge in [0.1, 0.15) is 0 Å². The first-order valence-electron chi connectivity index (χ1n) is 4.22. The smallest absolute Gasteiger partial charge is 0.223 e. The Bertz CT molecular complexity index is 163. The number of aliphatic hydroxyl groups excluding tert-OH is 1. The van der Waals surface area contributed by atoms with Gasteiger partial charge in [-0.25, -0.2) is 0 Å². The molecule has 1 aliphatic heterocycles. The molecule has 1 fully saturated rings. The molecule has 1 saturated heterocycles. The van der Waals surface area contributed by atoms with Crippen LogP contribution in [0.4, 0.5) is 0 Å². The molecule has 0 aromatic rings. The van der Waals surface area contributed by atoms with Crippen LogP contribution in [0.25, 0.3) is 0 Å². The topological polar surface area (TPSA) is 40.5 Å². The van der Waals surface area contributed by atoms with Crippen LogP contribution in [-0.2, 0) is 4.79 Å². The molecule has 3 nitrogen and oxygen atoms in total. The van der Waals surface area contributed by atoms with Crippen molar-refractivity contribution in [1.29, 1.82) is 0 Å². The van der Waals surface area contributed by atoms with Crippen LogP contribution in [-0.4, -0.2) is 41.5 Å². The molecule has 1 atom stereocenters. The fourth-order valence-electron chi connectivity index (χ4n) is 1.45. The van der Waals surface area contributed by atoms with Crippen LogP contribution < -0.4 is 0 Å². The molecule has 0 aliphatic carbocycles. The minimum absolute atomic E-state index is 0.112. The average molecular weight is 192 g/mol. The summed E-state index contributed by atoms with van der Waals surface area (Å²) in [4.78, 5) is 13.0. The number of amides is 1. The first kappa shape index (κ1) is 9.81. The van der Waals surface area contributed by atoms with Gasteiger partial charge in [0, 0.05) is 37.9 Å². The van der Waals surface area contributed by atoms with E-state index in [2.05, 4.69) is 0 Å². The molecule has 1 rings (SSSR count). The van der Waals surface area contributed by atoms with Crippen molar-refractivity contribution in [1.82, 2.24) is 4.90 Å². The quantitative estimate of drug-likeness (QED) is 0.659. The SMILES string of the molecule is O=C(CCCl)N1CC[C@H](CO)C1. The van der Waals surface area contributed by atoms with Crippen LogP contribution in [0.2, 0.25) is 0 Å². The summed E-state index contributed by atoms with van der Waals surface area (Å²) in [6.45, 7) is 1.66. The summed E-state index contributed by atoms with van der Waals surface area (Å²) in [7, 11) is 0. The molecule has 0 unspecified atom stereocenters. The van der Waals surface area contributed by atoms with E-state index in [0.717, 1.165) is 13.0 Å². The van der Waals surface area contributed by atoms with Gasteiger partial charge in [-0.05, 0) is 6.42 Å². The maximum absolute atomic E-state index is 11.3. The number of aliphatic hydroxyl groups is 1. The van der Waals surface area contributed by atoms with Gasteiger partial charge < -0.3 is 10.0 Å². The molecule has 1 N–H and O–H groups in total. The standard InChI is InChI=1S/C8H14ClNO2/c9-3-1-8(12)10-4-2-7(5-10)6-11/h7,11H,1-6H2/t7-/m0/s1. The zero-order valence-corrected chi connectivity index (χ0v) is 7.76. The van der Waals surface area contributed by atoms with Gasteiger partial charge in [-0.15, -0.1) is 11.6 Å². The summed E-state index contributed by atoms with van der Waals surface area (Å²) in [5, 5.41) is 8.83. The number of carbonyl (C=O) groups excluding carboxylic acids is 1. The number of hydrogen-bond acceptors (Lipinski definition) is 2. The van der Waals surface area contributed by atoms with Crippen LogP contribution in [0.3, 0.4) is 0 Å². The largest absolute Gasteiger partial charge is 0.396 e. The van der Waals surface area contributed by atoms with E-state index in [1.165, 1.54) is 0 Å². The van der Waals surface area contributed by atoms with Crippen LogP contribution in [0.15, 0.2) is 0 Å². The average Bonchev–Trinajstić information content (AvgIpc) is 2.52. The van der Waals surface area contributed by atoms with Crippen LogP contribution in [0.5, 0.6) is 0 Å². The van der Waals surface area contributed by atoms with Gasteiger partial charge in [0.25, 0.3) is 0 Å². The van der Waals surface area contributed by atoms with E-state index in [1.807, 2.05) is 0 Å². The van der Waals surface area contributed by atoms with Gasteiger partial charge in [-0.3, -0.25) is 4.79 Å². The van der Waals surface area contributed by atoms with E-state index in [9.17, 15) is 4.79 Å². The van der Waals surface area contributed by atoms with Crippen molar-refractivity contribution in [3.8, 4) is 0 Å². The third-order valence-corrected chi connectivity index (χ3v) is 2.39. The molecule has 4 heteroatoms. The summed E-state index contributed by atoms with van der Waals surface area (Å²) in [5.74, 6) is 0.782. The Morgan fingerprint density at radius 1 is 1.67 bits per heavy atom. The van der Waals surface area contributed by atoms with Crippen molar-refractivity contribution in [3.63, 3.8) is 0 Å². The maximum atomic E-state index is 11.3. The second kappa shape index (κ2) is 4.67. The molecule has 1 amide bonds. The third-order valence-electron chi connectivity index (χ3n) is 2.21. The van der Waals surface area contributed by atoms with Crippen molar-refractivity contribution in [2.75, 3.05) is 25.6 Å². The Labute approximate surface area is 77.3 Å². The predicted octanol–water partition coefficient (Wildman–Crippen LogP) is 0.456. The lowest BCUT2D eigenvalue weighted by atomic mass is 10.1. The summed E-state index contributed by atoms with van der Waals surface area (Å²) in [5.41, 5.74) is 0. The number of carbonyl (C=O) groups is 1. The summed E-state index contributed by atoms with van der Waals surface area (Å²) in [6.07, 6.45) is 1.34. The van der Waals surface area contributed by atoms with Crippen LogP contribution in [0, 0.1) is 5.92 Å². The Balaban J connectivity index is 2.31. The first-order chi connectivity index (χ1) is 5.77. The van der Waals surface area contributed by atoms with Crippen molar-refractivity contribution in [3.05, 3.63) is 0 Å². The molecule has 0 aromatic heterocycles. The van der Waals surface area contributed by atoms with Gasteiger partial charge in [0.15, 0.2) is 0 Å². The third kappa shape index (κ3) is 2.35. The lowest BCUT2D eigenvalue weighted by Gasteiger charge is -2.14. The molecule has 70 valence electrons. The van der Waals surface area contributed by atoms with Crippen molar-refractivity contribution in [2.24, 2.45) is 5.92 Å². The molecular weight excluding hydrogens is 178 g/mol. The zero-order chi connectivity index (χ0) is 8.97. The second-order valence-corrected chi connectivity index (χ2v) is 3.49. The highest BCUT2D eigenvalue weighted by atomic mass is 35.5.